The van der Waals surface area contributed by atoms with Crippen LogP contribution in [-0.4, -0.2) is 35.9 Å². The maximum Gasteiger partial charge on any atom is 0.272 e. The Labute approximate surface area is 171 Å². The first-order valence-electron chi connectivity index (χ1n) is 9.03. The third-order valence-electron chi connectivity index (χ3n) is 4.14. The van der Waals surface area contributed by atoms with Crippen molar-refractivity contribution in [1.82, 2.24) is 0 Å². The van der Waals surface area contributed by atoms with Gasteiger partial charge >= 0.3 is 0 Å². The Morgan fingerprint density at radius 2 is 1.79 bits per heavy atom. The summed E-state index contributed by atoms with van der Waals surface area (Å²) in [4.78, 5) is 26.7. The van der Waals surface area contributed by atoms with Crippen LogP contribution in [0.2, 0.25) is 0 Å². The zero-order valence-corrected chi connectivity index (χ0v) is 16.5. The highest BCUT2D eigenvalue weighted by molar-refractivity contribution is 8.04. The van der Waals surface area contributed by atoms with Gasteiger partial charge in [0.25, 0.3) is 11.8 Å². The minimum absolute atomic E-state index is 0.0786. The number of rotatable bonds is 8. The van der Waals surface area contributed by atoms with Gasteiger partial charge in [0.1, 0.15) is 17.4 Å². The molecule has 0 radical (unpaired) electrons. The molecule has 0 saturated heterocycles. The maximum absolute atomic E-state index is 14.3. The molecule has 0 saturated carbocycles. The van der Waals surface area contributed by atoms with Crippen LogP contribution < -0.4 is 9.64 Å². The van der Waals surface area contributed by atoms with E-state index < -0.39 is 29.1 Å². The standard InChI is InChI=1S/C21H19F2NO4S/c1-2-10-28-15-6-3-13(4-7-15)18-19(29-11-9-25)21(27)24(20(18)26)17-12-14(22)5-8-16(17)23/h3-8,12,25H,2,9-11H2,1H3. The molecular weight excluding hydrogens is 400 g/mol. The molecule has 0 aliphatic carbocycles. The van der Waals surface area contributed by atoms with E-state index in [4.69, 9.17) is 9.84 Å². The van der Waals surface area contributed by atoms with E-state index >= 15 is 0 Å². The van der Waals surface area contributed by atoms with Crippen LogP contribution in [-0.2, 0) is 9.59 Å². The van der Waals surface area contributed by atoms with Gasteiger partial charge in [-0.25, -0.2) is 13.7 Å². The van der Waals surface area contributed by atoms with E-state index in [1.54, 1.807) is 24.3 Å². The SMILES string of the molecule is CCCOc1ccc(C2=C(SCCO)C(=O)N(c3cc(F)ccc3F)C2=O)cc1. The van der Waals surface area contributed by atoms with Crippen LogP contribution in [0.15, 0.2) is 47.4 Å². The van der Waals surface area contributed by atoms with Crippen molar-refractivity contribution < 1.29 is 28.2 Å². The lowest BCUT2D eigenvalue weighted by atomic mass is 10.1. The Balaban J connectivity index is 2.02. The molecule has 2 amide bonds. The molecule has 2 aromatic carbocycles. The number of amides is 2. The summed E-state index contributed by atoms with van der Waals surface area (Å²) < 4.78 is 33.4. The van der Waals surface area contributed by atoms with Gasteiger partial charge in [-0.15, -0.1) is 11.8 Å². The summed E-state index contributed by atoms with van der Waals surface area (Å²) in [7, 11) is 0. The number of nitrogens with zero attached hydrogens (tertiary/aromatic N) is 1. The number of aliphatic hydroxyl groups excluding tert-OH is 1. The fourth-order valence-corrected chi connectivity index (χ4v) is 3.72. The van der Waals surface area contributed by atoms with Gasteiger partial charge in [0.15, 0.2) is 0 Å². The molecule has 1 aliphatic rings. The number of thioether (sulfide) groups is 1. The number of imide groups is 1. The first-order chi connectivity index (χ1) is 14.0. The summed E-state index contributed by atoms with van der Waals surface area (Å²) in [5, 5.41) is 9.14. The number of hydrogen-bond donors (Lipinski definition) is 1. The van der Waals surface area contributed by atoms with Crippen LogP contribution in [0.3, 0.4) is 0 Å². The second-order valence-corrected chi connectivity index (χ2v) is 7.30. The molecule has 8 heteroatoms. The highest BCUT2D eigenvalue weighted by Gasteiger charge is 2.41. The van der Waals surface area contributed by atoms with Crippen molar-refractivity contribution in [1.29, 1.82) is 0 Å². The van der Waals surface area contributed by atoms with Crippen molar-refractivity contribution in [3.05, 3.63) is 64.6 Å². The quantitative estimate of drug-likeness (QED) is 0.660. The second kappa shape index (κ2) is 9.19. The van der Waals surface area contributed by atoms with Gasteiger partial charge in [0.05, 0.1) is 29.4 Å². The molecule has 0 unspecified atom stereocenters. The number of ether oxygens (including phenoxy) is 1. The Morgan fingerprint density at radius 3 is 2.45 bits per heavy atom. The monoisotopic (exact) mass is 419 g/mol. The predicted octanol–water partition coefficient (Wildman–Crippen LogP) is 3.76. The third kappa shape index (κ3) is 4.33. The molecule has 152 valence electrons. The minimum atomic E-state index is -0.885. The molecule has 1 aliphatic heterocycles. The van der Waals surface area contributed by atoms with Crippen LogP contribution in [0, 0.1) is 11.6 Å². The van der Waals surface area contributed by atoms with Gasteiger partial charge in [-0.2, -0.15) is 0 Å². The van der Waals surface area contributed by atoms with Crippen molar-refractivity contribution in [2.75, 3.05) is 23.9 Å². The molecule has 5 nitrogen and oxygen atoms in total. The molecule has 0 bridgehead atoms. The number of carbonyl (C=O) groups excluding carboxylic acids is 2. The van der Waals surface area contributed by atoms with E-state index in [0.717, 1.165) is 36.4 Å². The molecule has 3 rings (SSSR count). The van der Waals surface area contributed by atoms with Crippen LogP contribution in [0.4, 0.5) is 14.5 Å². The normalized spacial score (nSPS) is 14.1. The lowest BCUT2D eigenvalue weighted by molar-refractivity contribution is -0.119. The Kier molecular flexibility index (Phi) is 6.66. The van der Waals surface area contributed by atoms with Crippen LogP contribution in [0.1, 0.15) is 18.9 Å². The third-order valence-corrected chi connectivity index (χ3v) is 5.20. The Bertz CT molecular complexity index is 960. The van der Waals surface area contributed by atoms with E-state index in [1.165, 1.54) is 0 Å². The molecule has 0 aromatic heterocycles. The van der Waals surface area contributed by atoms with Gasteiger partial charge in [0, 0.05) is 11.8 Å². The summed E-state index contributed by atoms with van der Waals surface area (Å²) >= 11 is 0.996. The topological polar surface area (TPSA) is 66.8 Å². The number of hydrogen-bond acceptors (Lipinski definition) is 5. The number of halogens is 2. The van der Waals surface area contributed by atoms with Crippen LogP contribution in [0.5, 0.6) is 5.75 Å². The lowest BCUT2D eigenvalue weighted by Crippen LogP contribution is -2.32. The smallest absolute Gasteiger partial charge is 0.272 e. The van der Waals surface area contributed by atoms with Crippen molar-refractivity contribution in [3.8, 4) is 5.75 Å². The van der Waals surface area contributed by atoms with Gasteiger partial charge < -0.3 is 9.84 Å². The summed E-state index contributed by atoms with van der Waals surface area (Å²) in [6.07, 6.45) is 0.843. The molecule has 29 heavy (non-hydrogen) atoms. The fraction of sp³-hybridized carbons (Fsp3) is 0.238. The average Bonchev–Trinajstić information content (AvgIpc) is 2.96. The highest BCUT2D eigenvalue weighted by Crippen LogP contribution is 2.39. The number of benzene rings is 2. The number of aliphatic hydroxyl groups is 1. The van der Waals surface area contributed by atoms with E-state index in [-0.39, 0.29) is 22.8 Å². The van der Waals surface area contributed by atoms with Crippen LogP contribution >= 0.6 is 11.8 Å². The summed E-state index contributed by atoms with van der Waals surface area (Å²) in [6.45, 7) is 2.32. The summed E-state index contributed by atoms with van der Waals surface area (Å²) in [6, 6.07) is 9.21. The number of carbonyl (C=O) groups is 2. The van der Waals surface area contributed by atoms with Gasteiger partial charge in [-0.05, 0) is 36.2 Å². The summed E-state index contributed by atoms with van der Waals surface area (Å²) in [5.41, 5.74) is 0.0890. The molecule has 0 atom stereocenters. The minimum Gasteiger partial charge on any atom is -0.494 e. The second-order valence-electron chi connectivity index (χ2n) is 6.19. The highest BCUT2D eigenvalue weighted by atomic mass is 32.2. The fourth-order valence-electron chi connectivity index (χ4n) is 2.86. The molecule has 2 aromatic rings. The van der Waals surface area contributed by atoms with Gasteiger partial charge in [-0.1, -0.05) is 19.1 Å². The van der Waals surface area contributed by atoms with Gasteiger partial charge in [-0.3, -0.25) is 9.59 Å². The molecule has 0 fully saturated rings. The van der Waals surface area contributed by atoms with Crippen LogP contribution in [0.25, 0.3) is 5.57 Å². The first kappa shape index (κ1) is 21.0. The van der Waals surface area contributed by atoms with Crippen molar-refractivity contribution in [2.45, 2.75) is 13.3 Å². The molecular formula is C21H19F2NO4S. The maximum atomic E-state index is 14.3. The Hall–Kier alpha value is -2.71. The van der Waals surface area contributed by atoms with Crippen molar-refractivity contribution >= 4 is 34.8 Å². The first-order valence-corrected chi connectivity index (χ1v) is 10.0. The zero-order chi connectivity index (χ0) is 21.0. The van der Waals surface area contributed by atoms with Gasteiger partial charge in [0.2, 0.25) is 0 Å². The average molecular weight is 419 g/mol. The molecule has 1 N–H and O–H groups in total. The zero-order valence-electron chi connectivity index (χ0n) is 15.7. The van der Waals surface area contributed by atoms with E-state index in [9.17, 15) is 18.4 Å². The number of anilines is 1. The van der Waals surface area contributed by atoms with E-state index in [2.05, 4.69) is 0 Å². The van der Waals surface area contributed by atoms with E-state index in [0.29, 0.717) is 22.8 Å². The lowest BCUT2D eigenvalue weighted by Gasteiger charge is -2.16. The Morgan fingerprint density at radius 1 is 1.07 bits per heavy atom. The molecule has 0 spiro atoms. The van der Waals surface area contributed by atoms with E-state index in [1.807, 2.05) is 6.92 Å². The molecule has 1 heterocycles. The largest absolute Gasteiger partial charge is 0.494 e. The van der Waals surface area contributed by atoms with Crippen molar-refractivity contribution in [2.24, 2.45) is 0 Å². The summed E-state index contributed by atoms with van der Waals surface area (Å²) in [5.74, 6) is -2.36. The van der Waals surface area contributed by atoms with Crippen molar-refractivity contribution in [3.63, 3.8) is 0 Å². The predicted molar refractivity (Wildman–Crippen MR) is 108 cm³/mol.